The van der Waals surface area contributed by atoms with E-state index in [9.17, 15) is 4.79 Å². The minimum absolute atomic E-state index is 0.0965. The molecule has 5 heteroatoms. The predicted octanol–water partition coefficient (Wildman–Crippen LogP) is 4.19. The number of nitrogens with zero attached hydrogens (tertiary/aromatic N) is 1. The van der Waals surface area contributed by atoms with E-state index in [2.05, 4.69) is 15.6 Å². The van der Waals surface area contributed by atoms with Crippen LogP contribution in [0.2, 0.25) is 0 Å². The van der Waals surface area contributed by atoms with Gasteiger partial charge in [-0.2, -0.15) is 0 Å². The van der Waals surface area contributed by atoms with E-state index >= 15 is 0 Å². The van der Waals surface area contributed by atoms with Crippen LogP contribution < -0.4 is 15.4 Å². The van der Waals surface area contributed by atoms with Gasteiger partial charge in [-0.3, -0.25) is 9.78 Å². The van der Waals surface area contributed by atoms with Crippen molar-refractivity contribution >= 4 is 28.2 Å². The van der Waals surface area contributed by atoms with Crippen LogP contribution in [-0.2, 0) is 0 Å². The Bertz CT molecular complexity index is 980. The number of anilines is 2. The quantitative estimate of drug-likeness (QED) is 0.726. The molecule has 1 aliphatic rings. The number of ether oxygens (including phenoxy) is 1. The van der Waals surface area contributed by atoms with E-state index < -0.39 is 0 Å². The first kappa shape index (κ1) is 16.4. The van der Waals surface area contributed by atoms with Crippen molar-refractivity contribution in [3.05, 3.63) is 59.8 Å². The van der Waals surface area contributed by atoms with Gasteiger partial charge < -0.3 is 15.4 Å². The molecule has 1 fully saturated rings. The molecule has 132 valence electrons. The minimum Gasteiger partial charge on any atom is -0.494 e. The van der Waals surface area contributed by atoms with Crippen molar-refractivity contribution in [3.8, 4) is 5.75 Å². The van der Waals surface area contributed by atoms with Gasteiger partial charge in [0.15, 0.2) is 0 Å². The Hall–Kier alpha value is -3.08. The maximum absolute atomic E-state index is 12.8. The topological polar surface area (TPSA) is 63.2 Å². The van der Waals surface area contributed by atoms with Gasteiger partial charge in [0.25, 0.3) is 5.91 Å². The smallest absolute Gasteiger partial charge is 0.255 e. The Balaban J connectivity index is 1.87. The molecule has 0 saturated heterocycles. The fourth-order valence-electron chi connectivity index (χ4n) is 3.01. The molecule has 3 aromatic rings. The molecule has 2 N–H and O–H groups in total. The van der Waals surface area contributed by atoms with Gasteiger partial charge >= 0.3 is 0 Å². The number of methoxy groups -OCH3 is 1. The lowest BCUT2D eigenvalue weighted by atomic mass is 10.1. The molecule has 1 amide bonds. The Labute approximate surface area is 152 Å². The zero-order chi connectivity index (χ0) is 18.1. The summed E-state index contributed by atoms with van der Waals surface area (Å²) in [4.78, 5) is 17.3. The first-order valence-corrected chi connectivity index (χ1v) is 8.76. The molecular formula is C21H21N3O2. The number of nitrogens with one attached hydrogen (secondary N) is 2. The summed E-state index contributed by atoms with van der Waals surface area (Å²) < 4.78 is 5.44. The van der Waals surface area contributed by atoms with Gasteiger partial charge in [0.1, 0.15) is 11.3 Å². The summed E-state index contributed by atoms with van der Waals surface area (Å²) in [5.41, 5.74) is 4.09. The molecule has 1 saturated carbocycles. The third kappa shape index (κ3) is 3.08. The van der Waals surface area contributed by atoms with Gasteiger partial charge in [-0.25, -0.2) is 0 Å². The lowest BCUT2D eigenvalue weighted by molar-refractivity contribution is 0.0951. The number of para-hydroxylation sites is 2. The van der Waals surface area contributed by atoms with E-state index in [0.29, 0.717) is 11.3 Å². The fraction of sp³-hybridized carbons (Fsp3) is 0.238. The highest BCUT2D eigenvalue weighted by Crippen LogP contribution is 2.34. The number of pyridine rings is 1. The highest BCUT2D eigenvalue weighted by Gasteiger charge is 2.26. The maximum Gasteiger partial charge on any atom is 0.255 e. The van der Waals surface area contributed by atoms with Crippen molar-refractivity contribution in [3.63, 3.8) is 0 Å². The van der Waals surface area contributed by atoms with Gasteiger partial charge in [-0.15, -0.1) is 0 Å². The van der Waals surface area contributed by atoms with E-state index in [1.165, 1.54) is 0 Å². The Morgan fingerprint density at radius 3 is 2.69 bits per heavy atom. The molecule has 0 spiro atoms. The van der Waals surface area contributed by atoms with Gasteiger partial charge in [0, 0.05) is 23.3 Å². The molecule has 4 rings (SSSR count). The van der Waals surface area contributed by atoms with Crippen LogP contribution in [0.5, 0.6) is 5.75 Å². The van der Waals surface area contributed by atoms with Crippen LogP contribution in [-0.4, -0.2) is 24.0 Å². The van der Waals surface area contributed by atoms with Crippen molar-refractivity contribution in [2.45, 2.75) is 25.8 Å². The van der Waals surface area contributed by atoms with Crippen molar-refractivity contribution < 1.29 is 9.53 Å². The maximum atomic E-state index is 12.8. The fourth-order valence-corrected chi connectivity index (χ4v) is 3.01. The molecule has 0 aliphatic heterocycles. The van der Waals surface area contributed by atoms with Gasteiger partial charge in [-0.1, -0.05) is 30.3 Å². The monoisotopic (exact) mass is 347 g/mol. The first-order chi connectivity index (χ1) is 12.7. The van der Waals surface area contributed by atoms with Gasteiger partial charge in [-0.05, 0) is 37.5 Å². The second-order valence-electron chi connectivity index (χ2n) is 6.59. The van der Waals surface area contributed by atoms with E-state index in [1.54, 1.807) is 13.3 Å². The number of aryl methyl sites for hydroxylation is 1. The summed E-state index contributed by atoms with van der Waals surface area (Å²) in [5.74, 6) is 0.588. The summed E-state index contributed by atoms with van der Waals surface area (Å²) in [5, 5.41) is 7.36. The standard InChI is InChI=1S/C21H21N3O2/c1-13-6-3-4-8-17(13)24-19-15-7-5-9-18(26-2)20(15)22-12-16(19)21(25)23-14-10-11-14/h3-9,12,14H,10-11H2,1-2H3,(H,22,24)(H,23,25). The van der Waals surface area contributed by atoms with E-state index in [1.807, 2.05) is 49.4 Å². The number of benzene rings is 2. The largest absolute Gasteiger partial charge is 0.494 e. The van der Waals surface area contributed by atoms with E-state index in [4.69, 9.17) is 4.74 Å². The average molecular weight is 347 g/mol. The van der Waals surface area contributed by atoms with Crippen molar-refractivity contribution in [1.29, 1.82) is 0 Å². The zero-order valence-corrected chi connectivity index (χ0v) is 14.9. The van der Waals surface area contributed by atoms with Gasteiger partial charge in [0.05, 0.1) is 18.4 Å². The lowest BCUT2D eigenvalue weighted by Gasteiger charge is -2.17. The minimum atomic E-state index is -0.0965. The van der Waals surface area contributed by atoms with E-state index in [0.717, 1.165) is 40.7 Å². The number of carbonyl (C=O) groups excluding carboxylic acids is 1. The van der Waals surface area contributed by atoms with Crippen molar-refractivity contribution in [2.24, 2.45) is 0 Å². The average Bonchev–Trinajstić information content (AvgIpc) is 3.47. The van der Waals surface area contributed by atoms with Crippen LogP contribution >= 0.6 is 0 Å². The van der Waals surface area contributed by atoms with Crippen molar-refractivity contribution in [2.75, 3.05) is 12.4 Å². The second-order valence-corrected chi connectivity index (χ2v) is 6.59. The number of amides is 1. The number of fused-ring (bicyclic) bond motifs is 1. The first-order valence-electron chi connectivity index (χ1n) is 8.76. The van der Waals surface area contributed by atoms with Crippen LogP contribution in [0.1, 0.15) is 28.8 Å². The van der Waals surface area contributed by atoms with Crippen LogP contribution in [0.15, 0.2) is 48.7 Å². The molecule has 0 unspecified atom stereocenters. The lowest BCUT2D eigenvalue weighted by Crippen LogP contribution is -2.26. The highest BCUT2D eigenvalue weighted by molar-refractivity contribution is 6.09. The molecule has 1 aliphatic carbocycles. The molecule has 1 heterocycles. The Morgan fingerprint density at radius 1 is 1.15 bits per heavy atom. The zero-order valence-electron chi connectivity index (χ0n) is 14.9. The number of carbonyl (C=O) groups is 1. The number of hydrogen-bond donors (Lipinski definition) is 2. The molecule has 5 nitrogen and oxygen atoms in total. The predicted molar refractivity (Wildman–Crippen MR) is 103 cm³/mol. The molecule has 0 atom stereocenters. The van der Waals surface area contributed by atoms with Crippen LogP contribution in [0.4, 0.5) is 11.4 Å². The van der Waals surface area contributed by atoms with Crippen molar-refractivity contribution in [1.82, 2.24) is 10.3 Å². The summed E-state index contributed by atoms with van der Waals surface area (Å²) in [6.07, 6.45) is 3.71. The number of rotatable bonds is 5. The number of aromatic nitrogens is 1. The molecule has 26 heavy (non-hydrogen) atoms. The molecule has 0 bridgehead atoms. The Morgan fingerprint density at radius 2 is 1.96 bits per heavy atom. The third-order valence-electron chi connectivity index (χ3n) is 4.64. The highest BCUT2D eigenvalue weighted by atomic mass is 16.5. The third-order valence-corrected chi connectivity index (χ3v) is 4.64. The summed E-state index contributed by atoms with van der Waals surface area (Å²) in [7, 11) is 1.62. The normalized spacial score (nSPS) is 13.5. The van der Waals surface area contributed by atoms with Crippen LogP contribution in [0, 0.1) is 6.92 Å². The second kappa shape index (κ2) is 6.67. The molecule has 2 aromatic carbocycles. The van der Waals surface area contributed by atoms with Gasteiger partial charge in [0.2, 0.25) is 0 Å². The van der Waals surface area contributed by atoms with E-state index in [-0.39, 0.29) is 11.9 Å². The SMILES string of the molecule is COc1cccc2c(Nc3ccccc3C)c(C(=O)NC3CC3)cnc12. The molecular weight excluding hydrogens is 326 g/mol. The van der Waals surface area contributed by atoms with Crippen LogP contribution in [0.25, 0.3) is 10.9 Å². The summed E-state index contributed by atoms with van der Waals surface area (Å²) >= 11 is 0. The summed E-state index contributed by atoms with van der Waals surface area (Å²) in [6.45, 7) is 2.04. The number of hydrogen-bond acceptors (Lipinski definition) is 4. The Kier molecular flexibility index (Phi) is 4.21. The van der Waals surface area contributed by atoms with Crippen LogP contribution in [0.3, 0.4) is 0 Å². The summed E-state index contributed by atoms with van der Waals surface area (Å²) in [6, 6.07) is 14.0. The molecule has 1 aromatic heterocycles. The molecule has 0 radical (unpaired) electrons.